The SMILES string of the molecule is CCC(NN=Cc1ccccc1)c1ccccc1. The largest absolute Gasteiger partial charge is 0.303 e. The Morgan fingerprint density at radius 3 is 2.22 bits per heavy atom. The van der Waals surface area contributed by atoms with E-state index in [-0.39, 0.29) is 6.04 Å². The smallest absolute Gasteiger partial charge is 0.0686 e. The molecule has 0 radical (unpaired) electrons. The summed E-state index contributed by atoms with van der Waals surface area (Å²) in [4.78, 5) is 0. The van der Waals surface area contributed by atoms with Gasteiger partial charge in [0.15, 0.2) is 0 Å². The molecule has 2 aromatic carbocycles. The summed E-state index contributed by atoms with van der Waals surface area (Å²) in [6.45, 7) is 2.16. The molecular weight excluding hydrogens is 220 g/mol. The van der Waals surface area contributed by atoms with Crippen molar-refractivity contribution in [2.75, 3.05) is 0 Å². The van der Waals surface area contributed by atoms with Gasteiger partial charge in [0.2, 0.25) is 0 Å². The highest BCUT2D eigenvalue weighted by Crippen LogP contribution is 2.15. The Bertz CT molecular complexity index is 477. The van der Waals surface area contributed by atoms with Crippen LogP contribution in [0.1, 0.15) is 30.5 Å². The van der Waals surface area contributed by atoms with Gasteiger partial charge in [-0.15, -0.1) is 0 Å². The molecule has 0 bridgehead atoms. The fourth-order valence-electron chi connectivity index (χ4n) is 1.83. The highest BCUT2D eigenvalue weighted by Gasteiger charge is 2.05. The zero-order valence-electron chi connectivity index (χ0n) is 10.6. The predicted molar refractivity (Wildman–Crippen MR) is 76.6 cm³/mol. The third-order valence-corrected chi connectivity index (χ3v) is 2.85. The Morgan fingerprint density at radius 1 is 1.00 bits per heavy atom. The molecule has 1 unspecified atom stereocenters. The van der Waals surface area contributed by atoms with Gasteiger partial charge in [-0.25, -0.2) is 0 Å². The monoisotopic (exact) mass is 238 g/mol. The molecule has 2 heteroatoms. The second-order valence-corrected chi connectivity index (χ2v) is 4.17. The maximum Gasteiger partial charge on any atom is 0.0686 e. The first-order valence-electron chi connectivity index (χ1n) is 6.28. The van der Waals surface area contributed by atoms with Gasteiger partial charge in [-0.3, -0.25) is 0 Å². The first-order valence-corrected chi connectivity index (χ1v) is 6.28. The highest BCUT2D eigenvalue weighted by molar-refractivity contribution is 5.79. The van der Waals surface area contributed by atoms with Crippen molar-refractivity contribution in [2.45, 2.75) is 19.4 Å². The normalized spacial score (nSPS) is 12.5. The molecule has 0 aliphatic heterocycles. The van der Waals surface area contributed by atoms with Crippen LogP contribution in [0.4, 0.5) is 0 Å². The summed E-state index contributed by atoms with van der Waals surface area (Å²) < 4.78 is 0. The quantitative estimate of drug-likeness (QED) is 0.622. The molecule has 0 amide bonds. The van der Waals surface area contributed by atoms with Crippen molar-refractivity contribution in [3.63, 3.8) is 0 Å². The van der Waals surface area contributed by atoms with Crippen LogP contribution in [-0.4, -0.2) is 6.21 Å². The minimum Gasteiger partial charge on any atom is -0.303 e. The van der Waals surface area contributed by atoms with Crippen LogP contribution >= 0.6 is 0 Å². The topological polar surface area (TPSA) is 24.4 Å². The van der Waals surface area contributed by atoms with E-state index in [2.05, 4.69) is 41.7 Å². The molecule has 1 atom stereocenters. The van der Waals surface area contributed by atoms with Crippen LogP contribution in [0.3, 0.4) is 0 Å². The fourth-order valence-corrected chi connectivity index (χ4v) is 1.83. The third-order valence-electron chi connectivity index (χ3n) is 2.85. The van der Waals surface area contributed by atoms with Gasteiger partial charge in [-0.2, -0.15) is 5.10 Å². The molecule has 2 nitrogen and oxygen atoms in total. The van der Waals surface area contributed by atoms with Crippen molar-refractivity contribution in [1.82, 2.24) is 5.43 Å². The van der Waals surface area contributed by atoms with E-state index in [1.807, 2.05) is 42.6 Å². The second-order valence-electron chi connectivity index (χ2n) is 4.17. The standard InChI is InChI=1S/C16H18N2/c1-2-16(15-11-7-4-8-12-15)18-17-13-14-9-5-3-6-10-14/h3-13,16,18H,2H2,1H3. The lowest BCUT2D eigenvalue weighted by molar-refractivity contribution is 0.543. The summed E-state index contributed by atoms with van der Waals surface area (Å²) in [6, 6.07) is 20.8. The number of hydrazone groups is 1. The Labute approximate surface area is 108 Å². The lowest BCUT2D eigenvalue weighted by atomic mass is 10.1. The van der Waals surface area contributed by atoms with E-state index in [1.54, 1.807) is 0 Å². The molecule has 2 rings (SSSR count). The van der Waals surface area contributed by atoms with Crippen LogP contribution in [-0.2, 0) is 0 Å². The van der Waals surface area contributed by atoms with E-state index in [4.69, 9.17) is 0 Å². The molecule has 0 aliphatic rings. The van der Waals surface area contributed by atoms with Crippen molar-refractivity contribution in [3.05, 3.63) is 71.8 Å². The van der Waals surface area contributed by atoms with E-state index < -0.39 is 0 Å². The number of hydrogen-bond donors (Lipinski definition) is 1. The Balaban J connectivity index is 1.98. The predicted octanol–water partition coefficient (Wildman–Crippen LogP) is 3.76. The molecule has 0 heterocycles. The van der Waals surface area contributed by atoms with Crippen molar-refractivity contribution < 1.29 is 0 Å². The van der Waals surface area contributed by atoms with Crippen molar-refractivity contribution >= 4 is 6.21 Å². The summed E-state index contributed by atoms with van der Waals surface area (Å²) in [7, 11) is 0. The van der Waals surface area contributed by atoms with Crippen LogP contribution < -0.4 is 5.43 Å². The summed E-state index contributed by atoms with van der Waals surface area (Å²) in [5.41, 5.74) is 5.58. The average molecular weight is 238 g/mol. The molecule has 0 saturated carbocycles. The fraction of sp³-hybridized carbons (Fsp3) is 0.188. The van der Waals surface area contributed by atoms with Crippen LogP contribution in [0.5, 0.6) is 0 Å². The summed E-state index contributed by atoms with van der Waals surface area (Å²) in [5.74, 6) is 0. The Hall–Kier alpha value is -2.09. The van der Waals surface area contributed by atoms with E-state index >= 15 is 0 Å². The first kappa shape index (κ1) is 12.4. The van der Waals surface area contributed by atoms with Gasteiger partial charge < -0.3 is 5.43 Å². The van der Waals surface area contributed by atoms with Crippen molar-refractivity contribution in [2.24, 2.45) is 5.10 Å². The molecule has 0 fully saturated rings. The minimum absolute atomic E-state index is 0.270. The Kier molecular flexibility index (Phi) is 4.53. The van der Waals surface area contributed by atoms with Gasteiger partial charge in [0.25, 0.3) is 0 Å². The number of rotatable bonds is 5. The number of benzene rings is 2. The van der Waals surface area contributed by atoms with Crippen LogP contribution in [0.2, 0.25) is 0 Å². The highest BCUT2D eigenvalue weighted by atomic mass is 15.3. The van der Waals surface area contributed by atoms with Gasteiger partial charge in [-0.1, -0.05) is 67.6 Å². The lowest BCUT2D eigenvalue weighted by Crippen LogP contribution is -2.14. The van der Waals surface area contributed by atoms with Gasteiger partial charge in [0.1, 0.15) is 0 Å². The molecule has 0 saturated heterocycles. The molecule has 1 N–H and O–H groups in total. The molecule has 92 valence electrons. The second kappa shape index (κ2) is 6.60. The summed E-state index contributed by atoms with van der Waals surface area (Å²) in [5, 5.41) is 4.31. The van der Waals surface area contributed by atoms with Crippen LogP contribution in [0.15, 0.2) is 65.8 Å². The lowest BCUT2D eigenvalue weighted by Gasteiger charge is -2.14. The molecule has 0 aliphatic carbocycles. The van der Waals surface area contributed by atoms with Gasteiger partial charge in [0, 0.05) is 0 Å². The maximum absolute atomic E-state index is 4.31. The third kappa shape index (κ3) is 3.45. The van der Waals surface area contributed by atoms with Crippen molar-refractivity contribution in [3.8, 4) is 0 Å². The van der Waals surface area contributed by atoms with Crippen molar-refractivity contribution in [1.29, 1.82) is 0 Å². The van der Waals surface area contributed by atoms with Gasteiger partial charge in [0.05, 0.1) is 12.3 Å². The number of hydrogen-bond acceptors (Lipinski definition) is 2. The van der Waals surface area contributed by atoms with E-state index in [9.17, 15) is 0 Å². The minimum atomic E-state index is 0.270. The zero-order chi connectivity index (χ0) is 12.6. The Morgan fingerprint density at radius 2 is 1.61 bits per heavy atom. The average Bonchev–Trinajstić information content (AvgIpc) is 2.46. The van der Waals surface area contributed by atoms with E-state index in [0.29, 0.717) is 0 Å². The van der Waals surface area contributed by atoms with Gasteiger partial charge in [-0.05, 0) is 17.5 Å². The molecule has 0 spiro atoms. The van der Waals surface area contributed by atoms with Gasteiger partial charge >= 0.3 is 0 Å². The first-order chi connectivity index (χ1) is 8.90. The maximum atomic E-state index is 4.31. The molecular formula is C16H18N2. The summed E-state index contributed by atoms with van der Waals surface area (Å²) in [6.07, 6.45) is 2.86. The van der Waals surface area contributed by atoms with E-state index in [0.717, 1.165) is 12.0 Å². The number of nitrogens with zero attached hydrogens (tertiary/aromatic N) is 1. The molecule has 18 heavy (non-hydrogen) atoms. The summed E-state index contributed by atoms with van der Waals surface area (Å²) >= 11 is 0. The molecule has 2 aromatic rings. The number of nitrogens with one attached hydrogen (secondary N) is 1. The molecule has 0 aromatic heterocycles. The van der Waals surface area contributed by atoms with E-state index in [1.165, 1.54) is 5.56 Å². The van der Waals surface area contributed by atoms with Crippen LogP contribution in [0.25, 0.3) is 0 Å². The zero-order valence-corrected chi connectivity index (χ0v) is 10.6. The van der Waals surface area contributed by atoms with Crippen LogP contribution in [0, 0.1) is 0 Å².